The molecule has 4 nitrogen and oxygen atoms in total. The molecule has 1 N–H and O–H groups in total. The van der Waals surface area contributed by atoms with E-state index in [0.717, 1.165) is 19.3 Å². The molecule has 7 heteroatoms. The van der Waals surface area contributed by atoms with Gasteiger partial charge in [0.05, 0.1) is 11.4 Å². The van der Waals surface area contributed by atoms with Gasteiger partial charge in [0.25, 0.3) is 0 Å². The summed E-state index contributed by atoms with van der Waals surface area (Å²) in [4.78, 5) is 3.36. The van der Waals surface area contributed by atoms with E-state index in [1.807, 2.05) is 0 Å². The van der Waals surface area contributed by atoms with Gasteiger partial charge < -0.3 is 5.11 Å². The Balaban J connectivity index is 1.70. The van der Waals surface area contributed by atoms with Gasteiger partial charge in [-0.05, 0) is 25.7 Å². The van der Waals surface area contributed by atoms with E-state index in [-0.39, 0.29) is 11.3 Å². The lowest BCUT2D eigenvalue weighted by Crippen LogP contribution is -2.45. The molecule has 3 rings (SSSR count). The summed E-state index contributed by atoms with van der Waals surface area (Å²) in [5.74, 6) is 0.176. The SMILES string of the molecule is CC1(C)C(CCC(O)(Cn2cncn2)C2(Cl)CC2)C1(Cl)Cl. The topological polar surface area (TPSA) is 50.9 Å². The number of hydrogen-bond acceptors (Lipinski definition) is 3. The first-order valence-corrected chi connectivity index (χ1v) is 8.37. The Labute approximate surface area is 139 Å². The zero-order valence-electron chi connectivity index (χ0n) is 12.2. The largest absolute Gasteiger partial charge is 0.386 e. The Bertz CT molecular complexity index is 514. The van der Waals surface area contributed by atoms with Gasteiger partial charge in [0.15, 0.2) is 0 Å². The quantitative estimate of drug-likeness (QED) is 0.798. The molecule has 0 amide bonds. The number of aromatic nitrogens is 3. The van der Waals surface area contributed by atoms with Crippen LogP contribution in [0.3, 0.4) is 0 Å². The highest BCUT2D eigenvalue weighted by molar-refractivity contribution is 6.51. The van der Waals surface area contributed by atoms with Crippen molar-refractivity contribution in [1.82, 2.24) is 14.8 Å². The Morgan fingerprint density at radius 2 is 1.95 bits per heavy atom. The van der Waals surface area contributed by atoms with Crippen LogP contribution in [0, 0.1) is 11.3 Å². The predicted octanol–water partition coefficient (Wildman–Crippen LogP) is 3.39. The monoisotopic (exact) mass is 351 g/mol. The third-order valence-electron chi connectivity index (χ3n) is 5.34. The third kappa shape index (κ3) is 2.48. The van der Waals surface area contributed by atoms with Gasteiger partial charge in [0.2, 0.25) is 0 Å². The number of alkyl halides is 3. The summed E-state index contributed by atoms with van der Waals surface area (Å²) in [7, 11) is 0. The van der Waals surface area contributed by atoms with E-state index in [1.54, 1.807) is 11.0 Å². The van der Waals surface area contributed by atoms with Crippen molar-refractivity contribution in [3.63, 3.8) is 0 Å². The Kier molecular flexibility index (Phi) is 3.57. The maximum atomic E-state index is 11.1. The minimum absolute atomic E-state index is 0.118. The predicted molar refractivity (Wildman–Crippen MR) is 83.7 cm³/mol. The van der Waals surface area contributed by atoms with Crippen molar-refractivity contribution in [1.29, 1.82) is 0 Å². The molecule has 2 saturated carbocycles. The second kappa shape index (κ2) is 4.73. The van der Waals surface area contributed by atoms with Crippen molar-refractivity contribution in [3.05, 3.63) is 12.7 Å². The van der Waals surface area contributed by atoms with E-state index in [0.29, 0.717) is 13.0 Å². The maximum absolute atomic E-state index is 11.1. The molecule has 0 spiro atoms. The molecule has 118 valence electrons. The lowest BCUT2D eigenvalue weighted by atomic mass is 9.89. The Morgan fingerprint density at radius 1 is 1.33 bits per heavy atom. The molecule has 1 aromatic rings. The second-order valence-electron chi connectivity index (χ2n) is 7.03. The highest BCUT2D eigenvalue weighted by Gasteiger charge is 2.70. The zero-order valence-corrected chi connectivity index (χ0v) is 14.5. The van der Waals surface area contributed by atoms with Crippen LogP contribution >= 0.6 is 34.8 Å². The molecule has 1 heterocycles. The first kappa shape index (κ1) is 15.9. The summed E-state index contributed by atoms with van der Waals surface area (Å²) in [6.45, 7) is 4.46. The molecular formula is C14H20Cl3N3O. The number of aliphatic hydroxyl groups is 1. The van der Waals surface area contributed by atoms with E-state index < -0.39 is 14.8 Å². The Morgan fingerprint density at radius 3 is 2.38 bits per heavy atom. The van der Waals surface area contributed by atoms with Crippen molar-refractivity contribution in [3.8, 4) is 0 Å². The lowest BCUT2D eigenvalue weighted by molar-refractivity contribution is -0.00438. The molecule has 1 aromatic heterocycles. The van der Waals surface area contributed by atoms with Gasteiger partial charge in [-0.15, -0.1) is 34.8 Å². The van der Waals surface area contributed by atoms with Crippen LogP contribution in [0.4, 0.5) is 0 Å². The molecule has 2 aliphatic rings. The summed E-state index contributed by atoms with van der Waals surface area (Å²) in [5, 5.41) is 15.2. The highest BCUT2D eigenvalue weighted by atomic mass is 35.5. The van der Waals surface area contributed by atoms with Crippen LogP contribution in [0.2, 0.25) is 0 Å². The first-order valence-electron chi connectivity index (χ1n) is 7.24. The molecule has 0 bridgehead atoms. The molecule has 0 saturated heterocycles. The number of rotatable bonds is 6. The van der Waals surface area contributed by atoms with Gasteiger partial charge >= 0.3 is 0 Å². The number of hydrogen-bond donors (Lipinski definition) is 1. The van der Waals surface area contributed by atoms with E-state index in [9.17, 15) is 5.11 Å². The van der Waals surface area contributed by atoms with Crippen LogP contribution < -0.4 is 0 Å². The number of nitrogens with zero attached hydrogens (tertiary/aromatic N) is 3. The summed E-state index contributed by atoms with van der Waals surface area (Å²) >= 11 is 19.2. The van der Waals surface area contributed by atoms with E-state index in [4.69, 9.17) is 34.8 Å². The average Bonchev–Trinajstić information content (AvgIpc) is 3.08. The van der Waals surface area contributed by atoms with Crippen molar-refractivity contribution in [2.75, 3.05) is 0 Å². The Hall–Kier alpha value is -0.0300. The van der Waals surface area contributed by atoms with Gasteiger partial charge in [-0.25, -0.2) is 4.98 Å². The zero-order chi connectivity index (χ0) is 15.5. The van der Waals surface area contributed by atoms with E-state index >= 15 is 0 Å². The standard InChI is InChI=1S/C14H20Cl3N3O/c1-11(2)10(14(11,16)17)3-4-13(21,12(15)5-6-12)7-20-9-18-8-19-20/h8-10,21H,3-7H2,1-2H3. The van der Waals surface area contributed by atoms with Gasteiger partial charge in [-0.3, -0.25) is 4.68 Å². The third-order valence-corrected chi connectivity index (χ3v) is 7.57. The second-order valence-corrected chi connectivity index (χ2v) is 9.14. The van der Waals surface area contributed by atoms with Gasteiger partial charge in [-0.2, -0.15) is 5.10 Å². The molecule has 0 radical (unpaired) electrons. The lowest BCUT2D eigenvalue weighted by Gasteiger charge is -2.33. The molecule has 0 aliphatic heterocycles. The van der Waals surface area contributed by atoms with Gasteiger partial charge in [-0.1, -0.05) is 13.8 Å². The fourth-order valence-corrected chi connectivity index (χ4v) is 4.45. The van der Waals surface area contributed by atoms with E-state index in [2.05, 4.69) is 23.9 Å². The normalized spacial score (nSPS) is 30.7. The van der Waals surface area contributed by atoms with Crippen LogP contribution in [0.1, 0.15) is 39.5 Å². The van der Waals surface area contributed by atoms with Gasteiger partial charge in [0, 0.05) is 11.3 Å². The fraction of sp³-hybridized carbons (Fsp3) is 0.857. The maximum Gasteiger partial charge on any atom is 0.137 e. The molecular weight excluding hydrogens is 333 g/mol. The highest BCUT2D eigenvalue weighted by Crippen LogP contribution is 2.70. The van der Waals surface area contributed by atoms with Crippen molar-refractivity contribution < 1.29 is 5.11 Å². The van der Waals surface area contributed by atoms with Crippen molar-refractivity contribution in [2.45, 2.75) is 60.9 Å². The molecule has 2 unspecified atom stereocenters. The molecule has 0 aromatic carbocycles. The van der Waals surface area contributed by atoms with Crippen LogP contribution in [0.15, 0.2) is 12.7 Å². The molecule has 21 heavy (non-hydrogen) atoms. The minimum Gasteiger partial charge on any atom is -0.386 e. The molecule has 2 fully saturated rings. The molecule has 2 atom stereocenters. The van der Waals surface area contributed by atoms with Gasteiger partial charge in [0.1, 0.15) is 22.6 Å². The minimum atomic E-state index is -1.01. The van der Waals surface area contributed by atoms with E-state index in [1.165, 1.54) is 6.33 Å². The van der Waals surface area contributed by atoms with Crippen LogP contribution in [0.25, 0.3) is 0 Å². The number of halogens is 3. The summed E-state index contributed by atoms with van der Waals surface area (Å²) < 4.78 is 0.930. The summed E-state index contributed by atoms with van der Waals surface area (Å²) in [6.07, 6.45) is 6.01. The van der Waals surface area contributed by atoms with Crippen LogP contribution in [-0.4, -0.2) is 34.7 Å². The van der Waals surface area contributed by atoms with Crippen LogP contribution in [-0.2, 0) is 6.54 Å². The summed E-state index contributed by atoms with van der Waals surface area (Å²) in [6, 6.07) is 0. The van der Waals surface area contributed by atoms with Crippen molar-refractivity contribution >= 4 is 34.8 Å². The molecule has 2 aliphatic carbocycles. The smallest absolute Gasteiger partial charge is 0.137 e. The fourth-order valence-electron chi connectivity index (χ4n) is 3.28. The van der Waals surface area contributed by atoms with Crippen molar-refractivity contribution in [2.24, 2.45) is 11.3 Å². The van der Waals surface area contributed by atoms with Crippen LogP contribution in [0.5, 0.6) is 0 Å². The summed E-state index contributed by atoms with van der Waals surface area (Å²) in [5.41, 5.74) is -1.13. The first-order chi connectivity index (χ1) is 9.62. The average molecular weight is 353 g/mol.